The van der Waals surface area contributed by atoms with Gasteiger partial charge in [0.05, 0.1) is 14.7 Å². The number of hydrogen-bond acceptors (Lipinski definition) is 6. The molecule has 150 valence electrons. The van der Waals surface area contributed by atoms with Gasteiger partial charge in [-0.25, -0.2) is 16.8 Å². The average molecular weight is 490 g/mol. The third kappa shape index (κ3) is 4.10. The highest BCUT2D eigenvalue weighted by Crippen LogP contribution is 2.24. The Kier molecular flexibility index (Phi) is 5.87. The SMILES string of the molecule is O=[N+]([O-])c1ccc(S(=O)(=O)N2CCN(S(=O)(=O)c3ccc(Br)cc3)CC2)cc1. The molecule has 1 fully saturated rings. The molecule has 2 aromatic rings. The first-order valence-corrected chi connectivity index (χ1v) is 11.8. The molecule has 12 heteroatoms. The zero-order valence-electron chi connectivity index (χ0n) is 14.4. The first kappa shape index (κ1) is 20.9. The minimum Gasteiger partial charge on any atom is -0.258 e. The first-order chi connectivity index (χ1) is 13.1. The lowest BCUT2D eigenvalue weighted by atomic mass is 10.3. The van der Waals surface area contributed by atoms with Crippen LogP contribution in [0.3, 0.4) is 0 Å². The molecule has 0 unspecified atom stereocenters. The van der Waals surface area contributed by atoms with Crippen molar-refractivity contribution in [1.82, 2.24) is 8.61 Å². The molecule has 0 N–H and O–H groups in total. The molecule has 0 aromatic heterocycles. The van der Waals surface area contributed by atoms with Crippen LogP contribution < -0.4 is 0 Å². The molecule has 1 heterocycles. The number of sulfonamides is 2. The van der Waals surface area contributed by atoms with E-state index in [2.05, 4.69) is 15.9 Å². The van der Waals surface area contributed by atoms with Gasteiger partial charge in [-0.3, -0.25) is 10.1 Å². The summed E-state index contributed by atoms with van der Waals surface area (Å²) < 4.78 is 54.0. The monoisotopic (exact) mass is 489 g/mol. The van der Waals surface area contributed by atoms with E-state index in [1.807, 2.05) is 0 Å². The smallest absolute Gasteiger partial charge is 0.258 e. The van der Waals surface area contributed by atoms with Crippen LogP contribution in [0.1, 0.15) is 0 Å². The van der Waals surface area contributed by atoms with Crippen LogP contribution in [0.25, 0.3) is 0 Å². The van der Waals surface area contributed by atoms with Crippen LogP contribution in [-0.2, 0) is 20.0 Å². The Labute approximate surface area is 171 Å². The second kappa shape index (κ2) is 7.87. The molecule has 0 spiro atoms. The predicted molar refractivity (Wildman–Crippen MR) is 105 cm³/mol. The van der Waals surface area contributed by atoms with Crippen LogP contribution in [0.4, 0.5) is 5.69 Å². The number of nitro groups is 1. The number of non-ortho nitro benzene ring substituents is 1. The van der Waals surface area contributed by atoms with Gasteiger partial charge in [0.2, 0.25) is 20.0 Å². The summed E-state index contributed by atoms with van der Waals surface area (Å²) in [5, 5.41) is 10.7. The van der Waals surface area contributed by atoms with Gasteiger partial charge >= 0.3 is 0 Å². The largest absolute Gasteiger partial charge is 0.269 e. The van der Waals surface area contributed by atoms with Crippen LogP contribution in [0, 0.1) is 10.1 Å². The maximum absolute atomic E-state index is 12.7. The summed E-state index contributed by atoms with van der Waals surface area (Å²) in [5.41, 5.74) is -0.204. The van der Waals surface area contributed by atoms with Gasteiger partial charge in [0, 0.05) is 42.8 Å². The number of halogens is 1. The molecule has 1 aliphatic heterocycles. The van der Waals surface area contributed by atoms with Gasteiger partial charge in [0.25, 0.3) is 5.69 Å². The fraction of sp³-hybridized carbons (Fsp3) is 0.250. The third-order valence-corrected chi connectivity index (χ3v) is 8.69. The Bertz CT molecular complexity index is 1080. The van der Waals surface area contributed by atoms with Gasteiger partial charge in [-0.15, -0.1) is 0 Å². The lowest BCUT2D eigenvalue weighted by Gasteiger charge is -2.33. The lowest BCUT2D eigenvalue weighted by molar-refractivity contribution is -0.384. The Balaban J connectivity index is 1.73. The van der Waals surface area contributed by atoms with Gasteiger partial charge in [-0.1, -0.05) is 15.9 Å². The second-order valence-electron chi connectivity index (χ2n) is 6.01. The van der Waals surface area contributed by atoms with Gasteiger partial charge < -0.3 is 0 Å². The van der Waals surface area contributed by atoms with Crippen molar-refractivity contribution in [3.05, 3.63) is 63.1 Å². The molecule has 0 saturated carbocycles. The molecule has 0 radical (unpaired) electrons. The highest BCUT2D eigenvalue weighted by molar-refractivity contribution is 9.10. The molecule has 0 bridgehead atoms. The third-order valence-electron chi connectivity index (χ3n) is 4.33. The van der Waals surface area contributed by atoms with Crippen molar-refractivity contribution < 1.29 is 21.8 Å². The van der Waals surface area contributed by atoms with Crippen molar-refractivity contribution in [2.75, 3.05) is 26.2 Å². The fourth-order valence-corrected chi connectivity index (χ4v) is 5.90. The maximum Gasteiger partial charge on any atom is 0.269 e. The van der Waals surface area contributed by atoms with Gasteiger partial charge in [-0.2, -0.15) is 8.61 Å². The second-order valence-corrected chi connectivity index (χ2v) is 10.8. The van der Waals surface area contributed by atoms with Crippen LogP contribution in [-0.4, -0.2) is 56.5 Å². The highest BCUT2D eigenvalue weighted by Gasteiger charge is 2.33. The van der Waals surface area contributed by atoms with Crippen LogP contribution in [0.2, 0.25) is 0 Å². The van der Waals surface area contributed by atoms with E-state index in [0.29, 0.717) is 0 Å². The van der Waals surface area contributed by atoms with E-state index in [0.717, 1.165) is 16.6 Å². The molecule has 0 atom stereocenters. The summed E-state index contributed by atoms with van der Waals surface area (Å²) in [6.45, 7) is 0.0272. The summed E-state index contributed by atoms with van der Waals surface area (Å²) in [7, 11) is -7.57. The van der Waals surface area contributed by atoms with E-state index in [-0.39, 0.29) is 41.7 Å². The summed E-state index contributed by atoms with van der Waals surface area (Å²) in [4.78, 5) is 10.2. The molecule has 2 aromatic carbocycles. The number of piperazine rings is 1. The van der Waals surface area contributed by atoms with Gasteiger partial charge in [-0.05, 0) is 36.4 Å². The van der Waals surface area contributed by atoms with Gasteiger partial charge in [0.15, 0.2) is 0 Å². The molecule has 9 nitrogen and oxygen atoms in total. The van der Waals surface area contributed by atoms with Crippen molar-refractivity contribution in [3.8, 4) is 0 Å². The fourth-order valence-electron chi connectivity index (χ4n) is 2.79. The number of benzene rings is 2. The number of nitrogens with zero attached hydrogens (tertiary/aromatic N) is 3. The van der Waals surface area contributed by atoms with E-state index in [1.165, 1.54) is 32.9 Å². The van der Waals surface area contributed by atoms with E-state index < -0.39 is 25.0 Å². The van der Waals surface area contributed by atoms with E-state index >= 15 is 0 Å². The number of nitro benzene ring substituents is 1. The van der Waals surface area contributed by atoms with E-state index in [1.54, 1.807) is 12.1 Å². The minimum atomic E-state index is -3.86. The average Bonchev–Trinajstić information content (AvgIpc) is 2.68. The molecule has 28 heavy (non-hydrogen) atoms. The molecule has 0 aliphatic carbocycles. The topological polar surface area (TPSA) is 118 Å². The zero-order valence-corrected chi connectivity index (χ0v) is 17.7. The minimum absolute atomic E-state index is 0.00488. The van der Waals surface area contributed by atoms with Crippen molar-refractivity contribution in [3.63, 3.8) is 0 Å². The lowest BCUT2D eigenvalue weighted by Crippen LogP contribution is -2.50. The van der Waals surface area contributed by atoms with E-state index in [4.69, 9.17) is 0 Å². The Hall–Kier alpha value is -1.86. The Morgan fingerprint density at radius 3 is 1.46 bits per heavy atom. The molecule has 1 saturated heterocycles. The molecule has 0 amide bonds. The van der Waals surface area contributed by atoms with Crippen molar-refractivity contribution >= 4 is 41.7 Å². The number of rotatable bonds is 5. The van der Waals surface area contributed by atoms with Crippen molar-refractivity contribution in [1.29, 1.82) is 0 Å². The summed E-state index contributed by atoms with van der Waals surface area (Å²) in [6.07, 6.45) is 0. The molecule has 1 aliphatic rings. The standard InChI is InChI=1S/C16H16BrN3O6S2/c17-13-1-5-15(6-2-13)27(23,24)18-9-11-19(12-10-18)28(25,26)16-7-3-14(4-8-16)20(21)22/h1-8H,9-12H2. The summed E-state index contributed by atoms with van der Waals surface area (Å²) in [6, 6.07) is 10.8. The summed E-state index contributed by atoms with van der Waals surface area (Å²) in [5.74, 6) is 0. The van der Waals surface area contributed by atoms with Crippen LogP contribution >= 0.6 is 15.9 Å². The zero-order chi connectivity index (χ0) is 20.5. The Morgan fingerprint density at radius 1 is 0.750 bits per heavy atom. The number of hydrogen-bond donors (Lipinski definition) is 0. The van der Waals surface area contributed by atoms with Crippen molar-refractivity contribution in [2.45, 2.75) is 9.79 Å². The van der Waals surface area contributed by atoms with Crippen LogP contribution in [0.15, 0.2) is 62.8 Å². The molecule has 3 rings (SSSR count). The quantitative estimate of drug-likeness (QED) is 0.468. The van der Waals surface area contributed by atoms with E-state index in [9.17, 15) is 26.9 Å². The normalized spacial score (nSPS) is 16.8. The predicted octanol–water partition coefficient (Wildman–Crippen LogP) is 2.05. The molecular formula is C16H16BrN3O6S2. The van der Waals surface area contributed by atoms with Gasteiger partial charge in [0.1, 0.15) is 0 Å². The first-order valence-electron chi connectivity index (χ1n) is 8.13. The highest BCUT2D eigenvalue weighted by atomic mass is 79.9. The summed E-state index contributed by atoms with van der Waals surface area (Å²) >= 11 is 3.25. The molecular weight excluding hydrogens is 474 g/mol. The van der Waals surface area contributed by atoms with Crippen molar-refractivity contribution in [2.24, 2.45) is 0 Å². The van der Waals surface area contributed by atoms with Crippen LogP contribution in [0.5, 0.6) is 0 Å². The Morgan fingerprint density at radius 2 is 1.11 bits per heavy atom. The maximum atomic E-state index is 12.7.